The van der Waals surface area contributed by atoms with Crippen LogP contribution >= 0.6 is 11.3 Å². The molecular weight excluding hydrogens is 408 g/mol. The Labute approximate surface area is 174 Å². The Morgan fingerprint density at radius 2 is 2.00 bits per heavy atom. The normalized spacial score (nSPS) is 12.1. The molecule has 0 aliphatic heterocycles. The molecule has 0 unspecified atom stereocenters. The van der Waals surface area contributed by atoms with Crippen LogP contribution in [0, 0.1) is 0 Å². The molecule has 1 aromatic carbocycles. The molecule has 2 aromatic heterocycles. The first kappa shape index (κ1) is 21.0. The van der Waals surface area contributed by atoms with Crippen LogP contribution in [0.25, 0.3) is 5.69 Å². The summed E-state index contributed by atoms with van der Waals surface area (Å²) < 4.78 is 24.7. The van der Waals surface area contributed by atoms with Crippen LogP contribution in [-0.2, 0) is 23.0 Å². The third kappa shape index (κ3) is 6.14. The summed E-state index contributed by atoms with van der Waals surface area (Å²) in [5.74, 6) is 0.686. The first-order valence-electron chi connectivity index (χ1n) is 9.18. The molecule has 0 aliphatic rings. The SMILES string of the molecule is CCNC(=NCc1ccc(S(N)(=O)=O)s1)NCCc1ccc(-n2cccn2)cc1. The predicted octanol–water partition coefficient (Wildman–Crippen LogP) is 1.88. The Hall–Kier alpha value is -2.69. The van der Waals surface area contributed by atoms with Gasteiger partial charge in [-0.25, -0.2) is 23.2 Å². The number of nitrogens with two attached hydrogens (primary N) is 1. The highest BCUT2D eigenvalue weighted by atomic mass is 32.2. The summed E-state index contributed by atoms with van der Waals surface area (Å²) in [5.41, 5.74) is 2.23. The molecule has 3 aromatic rings. The number of rotatable bonds is 8. The maximum atomic E-state index is 11.4. The molecule has 0 saturated heterocycles. The van der Waals surface area contributed by atoms with Gasteiger partial charge in [-0.15, -0.1) is 11.3 Å². The monoisotopic (exact) mass is 432 g/mol. The van der Waals surface area contributed by atoms with Gasteiger partial charge >= 0.3 is 0 Å². The molecule has 0 bridgehead atoms. The summed E-state index contributed by atoms with van der Waals surface area (Å²) in [5, 5.41) is 15.9. The van der Waals surface area contributed by atoms with Crippen LogP contribution in [0.2, 0.25) is 0 Å². The lowest BCUT2D eigenvalue weighted by Crippen LogP contribution is -2.38. The Morgan fingerprint density at radius 1 is 1.21 bits per heavy atom. The number of hydrogen-bond acceptors (Lipinski definition) is 5. The van der Waals surface area contributed by atoms with Gasteiger partial charge in [-0.3, -0.25) is 0 Å². The number of sulfonamides is 1. The van der Waals surface area contributed by atoms with E-state index in [2.05, 4.69) is 32.9 Å². The van der Waals surface area contributed by atoms with Crippen LogP contribution in [0.3, 0.4) is 0 Å². The summed E-state index contributed by atoms with van der Waals surface area (Å²) in [6.07, 6.45) is 4.51. The number of aliphatic imine (C=N–C) groups is 1. The van der Waals surface area contributed by atoms with Gasteiger partial charge in [-0.05, 0) is 49.2 Å². The zero-order chi connectivity index (χ0) is 20.7. The number of nitrogens with one attached hydrogen (secondary N) is 2. The van der Waals surface area contributed by atoms with Crippen molar-refractivity contribution < 1.29 is 8.42 Å². The number of nitrogens with zero attached hydrogens (tertiary/aromatic N) is 3. The van der Waals surface area contributed by atoms with Crippen LogP contribution in [0.4, 0.5) is 0 Å². The third-order valence-electron chi connectivity index (χ3n) is 4.07. The van der Waals surface area contributed by atoms with Crippen LogP contribution in [0.5, 0.6) is 0 Å². The largest absolute Gasteiger partial charge is 0.357 e. The fourth-order valence-corrected chi connectivity index (χ4v) is 4.36. The fraction of sp³-hybridized carbons (Fsp3) is 0.263. The van der Waals surface area contributed by atoms with E-state index in [0.717, 1.165) is 41.4 Å². The Morgan fingerprint density at radius 3 is 2.62 bits per heavy atom. The van der Waals surface area contributed by atoms with Gasteiger partial charge in [0, 0.05) is 30.4 Å². The van der Waals surface area contributed by atoms with Crippen LogP contribution in [0.1, 0.15) is 17.4 Å². The first-order valence-corrected chi connectivity index (χ1v) is 11.5. The molecule has 0 atom stereocenters. The number of hydrogen-bond donors (Lipinski definition) is 3. The number of benzene rings is 1. The van der Waals surface area contributed by atoms with E-state index in [1.54, 1.807) is 12.3 Å². The van der Waals surface area contributed by atoms with E-state index >= 15 is 0 Å². The molecule has 4 N–H and O–H groups in total. The molecule has 2 heterocycles. The molecule has 3 rings (SSSR count). The van der Waals surface area contributed by atoms with Gasteiger partial charge < -0.3 is 10.6 Å². The van der Waals surface area contributed by atoms with Crippen LogP contribution < -0.4 is 15.8 Å². The van der Waals surface area contributed by atoms with E-state index in [-0.39, 0.29) is 4.21 Å². The summed E-state index contributed by atoms with van der Waals surface area (Å²) in [6, 6.07) is 13.4. The van der Waals surface area contributed by atoms with Crippen molar-refractivity contribution >= 4 is 27.3 Å². The average Bonchev–Trinajstić information content (AvgIpc) is 3.38. The van der Waals surface area contributed by atoms with Crippen molar-refractivity contribution in [1.82, 2.24) is 20.4 Å². The molecule has 154 valence electrons. The summed E-state index contributed by atoms with van der Waals surface area (Å²) in [4.78, 5) is 5.35. The molecule has 0 saturated carbocycles. The van der Waals surface area contributed by atoms with Crippen molar-refractivity contribution in [1.29, 1.82) is 0 Å². The highest BCUT2D eigenvalue weighted by molar-refractivity contribution is 7.91. The first-order chi connectivity index (χ1) is 14.0. The van der Waals surface area contributed by atoms with Gasteiger partial charge in [-0.1, -0.05) is 12.1 Å². The van der Waals surface area contributed by atoms with Gasteiger partial charge in [0.15, 0.2) is 5.96 Å². The lowest BCUT2D eigenvalue weighted by molar-refractivity contribution is 0.600. The topological polar surface area (TPSA) is 114 Å². The van der Waals surface area contributed by atoms with Crippen molar-refractivity contribution in [3.8, 4) is 5.69 Å². The van der Waals surface area contributed by atoms with E-state index in [1.807, 2.05) is 36.0 Å². The predicted molar refractivity (Wildman–Crippen MR) is 116 cm³/mol. The second-order valence-electron chi connectivity index (χ2n) is 6.25. The van der Waals surface area contributed by atoms with Gasteiger partial charge in [-0.2, -0.15) is 5.10 Å². The average molecular weight is 433 g/mol. The summed E-state index contributed by atoms with van der Waals surface area (Å²) in [6.45, 7) is 3.83. The summed E-state index contributed by atoms with van der Waals surface area (Å²) in [7, 11) is -3.66. The quantitative estimate of drug-likeness (QED) is 0.371. The minimum absolute atomic E-state index is 0.152. The standard InChI is InChI=1S/C19H24N6O2S2/c1-2-21-19(23-14-17-8-9-18(28-17)29(20,26)27)22-12-10-15-4-6-16(7-5-15)25-13-3-11-24-25/h3-9,11,13H,2,10,12,14H2,1H3,(H2,20,26,27)(H2,21,22,23). The van der Waals surface area contributed by atoms with Gasteiger partial charge in [0.25, 0.3) is 0 Å². The van der Waals surface area contributed by atoms with E-state index in [1.165, 1.54) is 11.6 Å². The van der Waals surface area contributed by atoms with Crippen LogP contribution in [-0.4, -0.2) is 37.2 Å². The number of thiophene rings is 1. The maximum absolute atomic E-state index is 11.4. The molecule has 0 spiro atoms. The van der Waals surface area contributed by atoms with Gasteiger partial charge in [0.1, 0.15) is 4.21 Å². The molecule has 0 amide bonds. The van der Waals surface area contributed by atoms with E-state index in [4.69, 9.17) is 5.14 Å². The Kier molecular flexibility index (Phi) is 7.02. The molecule has 29 heavy (non-hydrogen) atoms. The van der Waals surface area contributed by atoms with E-state index in [0.29, 0.717) is 12.5 Å². The number of aromatic nitrogens is 2. The molecule has 8 nitrogen and oxygen atoms in total. The molecular formula is C19H24N6O2S2. The lowest BCUT2D eigenvalue weighted by Gasteiger charge is -2.11. The van der Waals surface area contributed by atoms with E-state index < -0.39 is 10.0 Å². The minimum atomic E-state index is -3.66. The van der Waals surface area contributed by atoms with Crippen molar-refractivity contribution in [2.75, 3.05) is 13.1 Å². The summed E-state index contributed by atoms with van der Waals surface area (Å²) >= 11 is 1.14. The highest BCUT2D eigenvalue weighted by Crippen LogP contribution is 2.20. The fourth-order valence-electron chi connectivity index (χ4n) is 2.66. The number of guanidine groups is 1. The minimum Gasteiger partial charge on any atom is -0.357 e. The van der Waals surface area contributed by atoms with Crippen molar-refractivity contribution in [2.45, 2.75) is 24.1 Å². The van der Waals surface area contributed by atoms with E-state index in [9.17, 15) is 8.42 Å². The zero-order valence-electron chi connectivity index (χ0n) is 16.1. The Bertz CT molecular complexity index is 1040. The van der Waals surface area contributed by atoms with Crippen molar-refractivity contribution in [2.24, 2.45) is 10.1 Å². The maximum Gasteiger partial charge on any atom is 0.247 e. The smallest absolute Gasteiger partial charge is 0.247 e. The molecule has 10 heteroatoms. The Balaban J connectivity index is 1.53. The van der Waals surface area contributed by atoms with Crippen molar-refractivity contribution in [3.05, 3.63) is 65.3 Å². The van der Waals surface area contributed by atoms with Crippen molar-refractivity contribution in [3.63, 3.8) is 0 Å². The third-order valence-corrected chi connectivity index (χ3v) is 6.57. The van der Waals surface area contributed by atoms with Crippen LogP contribution in [0.15, 0.2) is 64.1 Å². The van der Waals surface area contributed by atoms with Gasteiger partial charge in [0.05, 0.1) is 12.2 Å². The highest BCUT2D eigenvalue weighted by Gasteiger charge is 2.11. The zero-order valence-corrected chi connectivity index (χ0v) is 17.7. The number of primary sulfonamides is 1. The molecule has 0 aliphatic carbocycles. The van der Waals surface area contributed by atoms with Gasteiger partial charge in [0.2, 0.25) is 10.0 Å². The second-order valence-corrected chi connectivity index (χ2v) is 9.21. The second kappa shape index (κ2) is 9.68. The molecule has 0 radical (unpaired) electrons. The lowest BCUT2D eigenvalue weighted by atomic mass is 10.1. The molecule has 0 fully saturated rings.